The molecule has 0 aromatic heterocycles. The molecule has 2 N–H and O–H groups in total. The summed E-state index contributed by atoms with van der Waals surface area (Å²) >= 11 is 0. The van der Waals surface area contributed by atoms with Crippen LogP contribution in [0.5, 0.6) is 0 Å². The van der Waals surface area contributed by atoms with Gasteiger partial charge >= 0.3 is 0 Å². The third kappa shape index (κ3) is 6.78. The van der Waals surface area contributed by atoms with Gasteiger partial charge in [-0.15, -0.1) is 0 Å². The second-order valence-electron chi connectivity index (χ2n) is 10.2. The maximum Gasteiger partial charge on any atom is 0.246 e. The van der Waals surface area contributed by atoms with Gasteiger partial charge in [-0.1, -0.05) is 25.5 Å². The summed E-state index contributed by atoms with van der Waals surface area (Å²) < 4.78 is 4.92. The third-order valence-corrected chi connectivity index (χ3v) is 7.71. The van der Waals surface area contributed by atoms with Gasteiger partial charge in [0.05, 0.1) is 6.17 Å². The lowest BCUT2D eigenvalue weighted by atomic mass is 9.69. The van der Waals surface area contributed by atoms with Crippen molar-refractivity contribution in [3.8, 4) is 0 Å². The van der Waals surface area contributed by atoms with Crippen LogP contribution in [0.2, 0.25) is 0 Å². The molecule has 2 amide bonds. The van der Waals surface area contributed by atoms with Crippen LogP contribution in [0, 0.1) is 23.7 Å². The Balaban J connectivity index is 1.52. The van der Waals surface area contributed by atoms with Crippen LogP contribution in [0.3, 0.4) is 0 Å². The van der Waals surface area contributed by atoms with Gasteiger partial charge in [0, 0.05) is 46.3 Å². The van der Waals surface area contributed by atoms with Crippen LogP contribution in [0.4, 0.5) is 0 Å². The van der Waals surface area contributed by atoms with E-state index in [-0.39, 0.29) is 12.5 Å². The number of hydrogen-bond acceptors (Lipinski definition) is 5. The quantitative estimate of drug-likeness (QED) is 0.557. The fourth-order valence-electron chi connectivity index (χ4n) is 5.69. The molecule has 32 heavy (non-hydrogen) atoms. The average Bonchev–Trinajstić information content (AvgIpc) is 2.79. The number of hydrogen-bond donors (Lipinski definition) is 2. The van der Waals surface area contributed by atoms with Crippen LogP contribution in [0.25, 0.3) is 0 Å². The number of carbonyl (C=O) groups is 2. The molecular weight excluding hydrogens is 404 g/mol. The second-order valence-corrected chi connectivity index (χ2v) is 10.2. The van der Waals surface area contributed by atoms with E-state index in [4.69, 9.17) is 4.74 Å². The lowest BCUT2D eigenvalue weighted by Gasteiger charge is -2.42. The molecule has 0 aromatic rings. The molecule has 2 aliphatic heterocycles. The molecule has 0 spiro atoms. The maximum absolute atomic E-state index is 13.1. The lowest BCUT2D eigenvalue weighted by molar-refractivity contribution is -0.134. The number of ether oxygens (including phenoxy) is 1. The first-order chi connectivity index (χ1) is 15.4. The van der Waals surface area contributed by atoms with Crippen molar-refractivity contribution in [2.45, 2.75) is 59.0 Å². The summed E-state index contributed by atoms with van der Waals surface area (Å²) in [5, 5.41) is 6.63. The highest BCUT2D eigenvalue weighted by Gasteiger charge is 2.34. The number of piperidine rings is 1. The summed E-state index contributed by atoms with van der Waals surface area (Å²) in [6.45, 7) is 12.1. The molecule has 2 heterocycles. The molecule has 4 unspecified atom stereocenters. The van der Waals surface area contributed by atoms with Crippen LogP contribution in [-0.4, -0.2) is 80.8 Å². The van der Waals surface area contributed by atoms with E-state index in [1.54, 1.807) is 0 Å². The first kappa shape index (κ1) is 25.2. The van der Waals surface area contributed by atoms with Crippen molar-refractivity contribution >= 4 is 11.8 Å². The first-order valence-electron chi connectivity index (χ1n) is 12.6. The Kier molecular flexibility index (Phi) is 9.56. The van der Waals surface area contributed by atoms with Crippen LogP contribution < -0.4 is 10.6 Å². The number of rotatable bonds is 8. The average molecular weight is 449 g/mol. The highest BCUT2D eigenvalue weighted by Crippen LogP contribution is 2.39. The predicted molar refractivity (Wildman–Crippen MR) is 127 cm³/mol. The molecule has 3 rings (SSSR count). The zero-order valence-electron chi connectivity index (χ0n) is 20.6. The molecular formula is C25H44N4O3. The molecule has 4 atom stereocenters. The molecule has 1 aliphatic carbocycles. The largest absolute Gasteiger partial charge is 0.375 e. The molecule has 2 fully saturated rings. The smallest absolute Gasteiger partial charge is 0.246 e. The van der Waals surface area contributed by atoms with Crippen molar-refractivity contribution < 1.29 is 14.3 Å². The fourth-order valence-corrected chi connectivity index (χ4v) is 5.69. The Hall–Kier alpha value is -1.44. The Morgan fingerprint density at radius 2 is 1.97 bits per heavy atom. The van der Waals surface area contributed by atoms with Gasteiger partial charge in [0.1, 0.15) is 6.61 Å². The zero-order valence-corrected chi connectivity index (χ0v) is 20.6. The third-order valence-electron chi connectivity index (χ3n) is 7.71. The SMILES string of the molecule is COCC(=O)NCC1C=C(C)C(CC(=O)N2CCN(C3CCCCN3)CC2)CC1C(C)C. The van der Waals surface area contributed by atoms with E-state index in [2.05, 4.69) is 47.3 Å². The Labute approximate surface area is 194 Å². The summed E-state index contributed by atoms with van der Waals surface area (Å²) in [4.78, 5) is 29.6. The second kappa shape index (κ2) is 12.1. The van der Waals surface area contributed by atoms with Crippen molar-refractivity contribution in [2.75, 3.05) is 53.0 Å². The van der Waals surface area contributed by atoms with Gasteiger partial charge in [0.15, 0.2) is 0 Å². The van der Waals surface area contributed by atoms with Crippen molar-refractivity contribution in [1.29, 1.82) is 0 Å². The number of carbonyl (C=O) groups excluding carboxylic acids is 2. The summed E-state index contributed by atoms with van der Waals surface area (Å²) in [7, 11) is 1.54. The molecule has 7 heteroatoms. The van der Waals surface area contributed by atoms with Crippen molar-refractivity contribution in [3.63, 3.8) is 0 Å². The zero-order chi connectivity index (χ0) is 23.1. The molecule has 182 valence electrons. The molecule has 0 bridgehead atoms. The van der Waals surface area contributed by atoms with Crippen LogP contribution in [-0.2, 0) is 14.3 Å². The van der Waals surface area contributed by atoms with Gasteiger partial charge in [0.2, 0.25) is 11.8 Å². The van der Waals surface area contributed by atoms with Crippen molar-refractivity contribution in [1.82, 2.24) is 20.4 Å². The van der Waals surface area contributed by atoms with Crippen LogP contribution >= 0.6 is 0 Å². The molecule has 0 saturated carbocycles. The highest BCUT2D eigenvalue weighted by molar-refractivity contribution is 5.77. The molecule has 0 radical (unpaired) electrons. The van der Waals surface area contributed by atoms with E-state index < -0.39 is 0 Å². The number of piperazine rings is 1. The van der Waals surface area contributed by atoms with Crippen LogP contribution in [0.15, 0.2) is 11.6 Å². The Morgan fingerprint density at radius 1 is 1.22 bits per heavy atom. The minimum absolute atomic E-state index is 0.0686. The minimum atomic E-state index is -0.0686. The van der Waals surface area contributed by atoms with Gasteiger partial charge in [-0.2, -0.15) is 0 Å². The van der Waals surface area contributed by atoms with Gasteiger partial charge in [-0.3, -0.25) is 14.5 Å². The van der Waals surface area contributed by atoms with Crippen LogP contribution in [0.1, 0.15) is 52.9 Å². The lowest BCUT2D eigenvalue weighted by Crippen LogP contribution is -2.57. The highest BCUT2D eigenvalue weighted by atomic mass is 16.5. The normalized spacial score (nSPS) is 29.7. The number of nitrogens with one attached hydrogen (secondary N) is 2. The van der Waals surface area contributed by atoms with Gasteiger partial charge < -0.3 is 20.3 Å². The summed E-state index contributed by atoms with van der Waals surface area (Å²) in [5.74, 6) is 1.82. The van der Waals surface area contributed by atoms with Crippen molar-refractivity contribution in [2.24, 2.45) is 23.7 Å². The molecule has 3 aliphatic rings. The Bertz CT molecular complexity index is 652. The monoisotopic (exact) mass is 448 g/mol. The molecule has 0 aromatic carbocycles. The Morgan fingerprint density at radius 3 is 2.59 bits per heavy atom. The number of nitrogens with zero attached hydrogens (tertiary/aromatic N) is 2. The fraction of sp³-hybridized carbons (Fsp3) is 0.840. The first-order valence-corrected chi connectivity index (χ1v) is 12.6. The minimum Gasteiger partial charge on any atom is -0.375 e. The van der Waals surface area contributed by atoms with E-state index in [1.807, 2.05) is 0 Å². The summed E-state index contributed by atoms with van der Waals surface area (Å²) in [6.07, 6.45) is 8.24. The van der Waals surface area contributed by atoms with E-state index in [0.717, 1.165) is 39.1 Å². The van der Waals surface area contributed by atoms with E-state index in [1.165, 1.54) is 31.9 Å². The van der Waals surface area contributed by atoms with E-state index in [0.29, 0.717) is 48.7 Å². The van der Waals surface area contributed by atoms with Gasteiger partial charge in [-0.25, -0.2) is 0 Å². The van der Waals surface area contributed by atoms with E-state index in [9.17, 15) is 9.59 Å². The number of methoxy groups -OCH3 is 1. The maximum atomic E-state index is 13.1. The van der Waals surface area contributed by atoms with Gasteiger partial charge in [-0.05, 0) is 62.8 Å². The van der Waals surface area contributed by atoms with E-state index >= 15 is 0 Å². The predicted octanol–water partition coefficient (Wildman–Crippen LogP) is 2.24. The topological polar surface area (TPSA) is 73.9 Å². The summed E-state index contributed by atoms with van der Waals surface area (Å²) in [5.41, 5.74) is 1.30. The van der Waals surface area contributed by atoms with Crippen molar-refractivity contribution in [3.05, 3.63) is 11.6 Å². The number of allylic oxidation sites excluding steroid dienone is 1. The molecule has 2 saturated heterocycles. The van der Waals surface area contributed by atoms with Gasteiger partial charge in [0.25, 0.3) is 0 Å². The molecule has 7 nitrogen and oxygen atoms in total. The summed E-state index contributed by atoms with van der Waals surface area (Å²) in [6, 6.07) is 0. The standard InChI is InChI=1S/C25H44N4O3/c1-18(2)22-14-20(19(3)13-21(22)16-27-24(30)17-32-4)15-25(31)29-11-9-28(10-12-29)23-7-5-6-8-26-23/h13,18,20-23,26H,5-12,14-17H2,1-4H3,(H,27,30). The number of amides is 2.